The van der Waals surface area contributed by atoms with Gasteiger partial charge in [-0.25, -0.2) is 12.4 Å². The van der Waals surface area contributed by atoms with Crippen LogP contribution in [0.2, 0.25) is 0 Å². The van der Waals surface area contributed by atoms with Gasteiger partial charge in [-0.05, 0) is 49.1 Å². The molecule has 1 N–H and O–H groups in total. The smallest absolute Gasteiger partial charge is 0.268 e. The summed E-state index contributed by atoms with van der Waals surface area (Å²) in [4.78, 5) is 34.2. The Kier molecular flexibility index (Phi) is 6.35. The fourth-order valence-corrected chi connectivity index (χ4v) is 8.80. The molecule has 0 spiro atoms. The second-order valence-corrected chi connectivity index (χ2v) is 13.3. The summed E-state index contributed by atoms with van der Waals surface area (Å²) < 4.78 is 28.8. The number of unbranched alkanes of at least 4 members (excludes halogenated alkanes) is 1. The minimum Gasteiger partial charge on any atom is -0.356 e. The molecule has 7 nitrogen and oxygen atoms in total. The van der Waals surface area contributed by atoms with Crippen LogP contribution in [0.25, 0.3) is 21.8 Å². The Morgan fingerprint density at radius 1 is 0.952 bits per heavy atom. The summed E-state index contributed by atoms with van der Waals surface area (Å²) in [6, 6.07) is 23.6. The molecular weight excluding hydrogens is 546 g/mol. The predicted octanol–water partition coefficient (Wildman–Crippen LogP) is 6.42. The second kappa shape index (κ2) is 9.98. The number of amides is 1. The fourth-order valence-electron chi connectivity index (χ4n) is 7.41. The number of hydrogen-bond donors (Lipinski definition) is 1. The summed E-state index contributed by atoms with van der Waals surface area (Å²) in [5, 5.41) is 1.74. The van der Waals surface area contributed by atoms with Crippen molar-refractivity contribution < 1.29 is 18.0 Å². The van der Waals surface area contributed by atoms with Crippen LogP contribution in [0.5, 0.6) is 0 Å². The molecule has 1 fully saturated rings. The van der Waals surface area contributed by atoms with E-state index in [4.69, 9.17) is 0 Å². The molecule has 0 radical (unpaired) electrons. The van der Waals surface area contributed by atoms with Crippen LogP contribution in [0, 0.1) is 5.92 Å². The molecule has 5 aromatic rings. The van der Waals surface area contributed by atoms with Gasteiger partial charge in [0.25, 0.3) is 10.0 Å². The van der Waals surface area contributed by atoms with Gasteiger partial charge in [-0.3, -0.25) is 9.59 Å². The highest BCUT2D eigenvalue weighted by molar-refractivity contribution is 7.90. The first kappa shape index (κ1) is 26.7. The minimum absolute atomic E-state index is 0.0774. The molecular formula is C34H33N3O4S. The molecule has 0 unspecified atom stereocenters. The molecule has 214 valence electrons. The van der Waals surface area contributed by atoms with Gasteiger partial charge in [0.2, 0.25) is 5.91 Å². The monoisotopic (exact) mass is 579 g/mol. The summed E-state index contributed by atoms with van der Waals surface area (Å²) in [5.41, 5.74) is 3.18. The SMILES string of the molecule is CCCC[C@@]12c3[nH]c4ccccc4c3CCN1C(=O)CC[C@H]2C(=O)c1cn(S(=O)(=O)c2ccccc2)c2ccccc12. The van der Waals surface area contributed by atoms with E-state index in [-0.39, 0.29) is 16.6 Å². The Balaban J connectivity index is 1.43. The Bertz CT molecular complexity index is 1960. The molecule has 2 aliphatic rings. The predicted molar refractivity (Wildman–Crippen MR) is 163 cm³/mol. The number of piperidine rings is 1. The average Bonchev–Trinajstić information content (AvgIpc) is 3.60. The normalized spacial score (nSPS) is 20.5. The van der Waals surface area contributed by atoms with Gasteiger partial charge in [0.05, 0.1) is 21.9 Å². The fraction of sp³-hybridized carbons (Fsp3) is 0.294. The number of para-hydroxylation sites is 2. The molecule has 0 aliphatic carbocycles. The number of rotatable bonds is 7. The summed E-state index contributed by atoms with van der Waals surface area (Å²) >= 11 is 0. The maximum atomic E-state index is 14.9. The number of carbonyl (C=O) groups excluding carboxylic acids is 2. The van der Waals surface area contributed by atoms with E-state index >= 15 is 0 Å². The third-order valence-corrected chi connectivity index (χ3v) is 11.0. The standard InChI is InChI=1S/C34H33N3O4S/c1-2-3-20-34-28(17-18-31(38)36(34)21-19-26-24-13-7-9-15-29(24)35-33(26)34)32(39)27-22-37(30-16-10-8-14-25(27)30)42(40,41)23-11-5-4-6-12-23/h4-16,22,28,35H,2-3,17-21H2,1H3/t28-,34+/m0/s1. The van der Waals surface area contributed by atoms with E-state index < -0.39 is 21.5 Å². The molecule has 2 aliphatic heterocycles. The Morgan fingerprint density at radius 2 is 1.67 bits per heavy atom. The lowest BCUT2D eigenvalue weighted by atomic mass is 9.65. The molecule has 1 saturated heterocycles. The van der Waals surface area contributed by atoms with Crippen molar-refractivity contribution in [2.24, 2.45) is 5.92 Å². The number of aromatic amines is 1. The van der Waals surface area contributed by atoms with E-state index in [2.05, 4.69) is 24.0 Å². The highest BCUT2D eigenvalue weighted by Crippen LogP contribution is 2.52. The van der Waals surface area contributed by atoms with Crippen molar-refractivity contribution in [3.05, 3.63) is 102 Å². The van der Waals surface area contributed by atoms with E-state index in [9.17, 15) is 18.0 Å². The maximum absolute atomic E-state index is 14.9. The summed E-state index contributed by atoms with van der Waals surface area (Å²) in [6.07, 6.45) is 5.37. The molecule has 8 heteroatoms. The highest BCUT2D eigenvalue weighted by atomic mass is 32.2. The number of carbonyl (C=O) groups is 2. The van der Waals surface area contributed by atoms with E-state index in [1.165, 1.54) is 15.7 Å². The quantitative estimate of drug-likeness (QED) is 0.225. The molecule has 1 amide bonds. The number of H-pyrrole nitrogens is 1. The molecule has 7 rings (SSSR count). The van der Waals surface area contributed by atoms with E-state index in [0.29, 0.717) is 42.3 Å². The van der Waals surface area contributed by atoms with E-state index in [1.807, 2.05) is 29.2 Å². The number of nitrogens with zero attached hydrogens (tertiary/aromatic N) is 2. The first-order valence-electron chi connectivity index (χ1n) is 14.7. The molecule has 4 heterocycles. The Labute approximate surface area is 245 Å². The summed E-state index contributed by atoms with van der Waals surface area (Å²) in [5.74, 6) is -0.561. The van der Waals surface area contributed by atoms with Crippen LogP contribution in [-0.4, -0.2) is 40.5 Å². The lowest BCUT2D eigenvalue weighted by Gasteiger charge is -2.54. The van der Waals surface area contributed by atoms with Crippen LogP contribution in [0.15, 0.2) is 90.0 Å². The number of benzene rings is 3. The number of nitrogens with one attached hydrogen (secondary N) is 1. The van der Waals surface area contributed by atoms with Crippen LogP contribution in [-0.2, 0) is 26.8 Å². The number of aromatic nitrogens is 2. The Hall–Kier alpha value is -4.17. The lowest BCUT2D eigenvalue weighted by molar-refractivity contribution is -0.148. The van der Waals surface area contributed by atoms with Crippen molar-refractivity contribution in [1.29, 1.82) is 0 Å². The highest BCUT2D eigenvalue weighted by Gasteiger charge is 2.56. The largest absolute Gasteiger partial charge is 0.356 e. The Morgan fingerprint density at radius 3 is 2.45 bits per heavy atom. The number of Topliss-reactive ketones (excluding diaryl/α,β-unsaturated/α-hetero) is 1. The van der Waals surface area contributed by atoms with Gasteiger partial charge in [0, 0.05) is 46.7 Å². The zero-order valence-electron chi connectivity index (χ0n) is 23.5. The zero-order chi connectivity index (χ0) is 29.1. The van der Waals surface area contributed by atoms with Crippen LogP contribution in [0.4, 0.5) is 0 Å². The van der Waals surface area contributed by atoms with Gasteiger partial charge in [0.15, 0.2) is 5.78 Å². The third-order valence-electron chi connectivity index (χ3n) is 9.31. The van der Waals surface area contributed by atoms with Crippen molar-refractivity contribution in [2.75, 3.05) is 6.54 Å². The second-order valence-electron chi connectivity index (χ2n) is 11.5. The molecule has 42 heavy (non-hydrogen) atoms. The van der Waals surface area contributed by atoms with Crippen molar-refractivity contribution >= 4 is 43.5 Å². The van der Waals surface area contributed by atoms with Crippen LogP contribution in [0.3, 0.4) is 0 Å². The van der Waals surface area contributed by atoms with Gasteiger partial charge in [-0.2, -0.15) is 0 Å². The van der Waals surface area contributed by atoms with Crippen LogP contribution < -0.4 is 0 Å². The zero-order valence-corrected chi connectivity index (χ0v) is 24.4. The third kappa shape index (κ3) is 3.81. The molecule has 3 aromatic carbocycles. The molecule has 0 bridgehead atoms. The molecule has 2 atom stereocenters. The maximum Gasteiger partial charge on any atom is 0.268 e. The van der Waals surface area contributed by atoms with E-state index in [0.717, 1.165) is 35.9 Å². The topological polar surface area (TPSA) is 92.2 Å². The number of ketones is 1. The molecule has 0 saturated carbocycles. The van der Waals surface area contributed by atoms with Crippen molar-refractivity contribution in [3.63, 3.8) is 0 Å². The van der Waals surface area contributed by atoms with Gasteiger partial charge in [-0.15, -0.1) is 0 Å². The first-order valence-corrected chi connectivity index (χ1v) is 16.2. The minimum atomic E-state index is -3.94. The van der Waals surface area contributed by atoms with Crippen molar-refractivity contribution in [3.8, 4) is 0 Å². The summed E-state index contributed by atoms with van der Waals surface area (Å²) in [7, 11) is -3.94. The van der Waals surface area contributed by atoms with Crippen LogP contribution >= 0.6 is 0 Å². The van der Waals surface area contributed by atoms with E-state index in [1.54, 1.807) is 42.5 Å². The lowest BCUT2D eigenvalue weighted by Crippen LogP contribution is -2.62. The van der Waals surface area contributed by atoms with Crippen molar-refractivity contribution in [2.45, 2.75) is 55.9 Å². The van der Waals surface area contributed by atoms with Gasteiger partial charge in [-0.1, -0.05) is 74.4 Å². The van der Waals surface area contributed by atoms with Gasteiger partial charge >= 0.3 is 0 Å². The summed E-state index contributed by atoms with van der Waals surface area (Å²) in [6.45, 7) is 2.69. The number of hydrogen-bond acceptors (Lipinski definition) is 4. The average molecular weight is 580 g/mol. The number of fused-ring (bicyclic) bond motifs is 6. The van der Waals surface area contributed by atoms with Crippen molar-refractivity contribution in [1.82, 2.24) is 13.9 Å². The van der Waals surface area contributed by atoms with Gasteiger partial charge in [0.1, 0.15) is 0 Å². The first-order chi connectivity index (χ1) is 20.4. The van der Waals surface area contributed by atoms with Gasteiger partial charge < -0.3 is 9.88 Å². The van der Waals surface area contributed by atoms with Crippen LogP contribution in [0.1, 0.15) is 60.6 Å². The molecule has 2 aromatic heterocycles.